The van der Waals surface area contributed by atoms with Gasteiger partial charge in [0.2, 0.25) is 5.13 Å². The maximum Gasteiger partial charge on any atom is 0.206 e. The highest BCUT2D eigenvalue weighted by atomic mass is 32.2. The number of rotatable bonds is 9. The maximum atomic E-state index is 4.24. The zero-order valence-electron chi connectivity index (χ0n) is 12.8. The van der Waals surface area contributed by atoms with E-state index in [1.807, 2.05) is 0 Å². The van der Waals surface area contributed by atoms with Crippen LogP contribution < -0.4 is 5.32 Å². The molecule has 0 radical (unpaired) electrons. The second-order valence-corrected chi connectivity index (χ2v) is 7.34. The summed E-state index contributed by atoms with van der Waals surface area (Å²) in [6.07, 6.45) is 5.09. The van der Waals surface area contributed by atoms with Crippen LogP contribution in [-0.2, 0) is 5.75 Å². The minimum atomic E-state index is 0.943. The maximum absolute atomic E-state index is 4.24. The molecule has 114 valence electrons. The number of anilines is 1. The molecule has 0 amide bonds. The van der Waals surface area contributed by atoms with Crippen LogP contribution in [-0.4, -0.2) is 16.7 Å². The lowest BCUT2D eigenvalue weighted by Crippen LogP contribution is -2.00. The van der Waals surface area contributed by atoms with Crippen molar-refractivity contribution < 1.29 is 0 Å². The van der Waals surface area contributed by atoms with Gasteiger partial charge < -0.3 is 5.32 Å². The van der Waals surface area contributed by atoms with E-state index in [0.29, 0.717) is 0 Å². The summed E-state index contributed by atoms with van der Waals surface area (Å²) in [5.74, 6) is 0.951. The molecule has 0 spiro atoms. The van der Waals surface area contributed by atoms with Crippen LogP contribution in [0.5, 0.6) is 0 Å². The summed E-state index contributed by atoms with van der Waals surface area (Å²) in [5, 5.41) is 12.7. The van der Waals surface area contributed by atoms with Gasteiger partial charge in [-0.25, -0.2) is 0 Å². The van der Waals surface area contributed by atoms with Crippen LogP contribution in [0.4, 0.5) is 5.13 Å². The van der Waals surface area contributed by atoms with Gasteiger partial charge in [0.15, 0.2) is 4.34 Å². The van der Waals surface area contributed by atoms with E-state index in [2.05, 4.69) is 53.6 Å². The number of unbranched alkanes of at least 4 members (excludes halogenated alkanes) is 3. The number of aryl methyl sites for hydroxylation is 1. The van der Waals surface area contributed by atoms with Gasteiger partial charge in [0.05, 0.1) is 0 Å². The molecule has 0 saturated heterocycles. The highest BCUT2D eigenvalue weighted by molar-refractivity contribution is 8.00. The van der Waals surface area contributed by atoms with Gasteiger partial charge in [0.25, 0.3) is 0 Å². The number of nitrogens with zero attached hydrogens (tertiary/aromatic N) is 2. The second-order valence-electron chi connectivity index (χ2n) is 5.14. The first-order valence-corrected chi connectivity index (χ1v) is 9.34. The van der Waals surface area contributed by atoms with E-state index in [-0.39, 0.29) is 0 Å². The molecular formula is C16H23N3S2. The Hall–Kier alpha value is -1.07. The second kappa shape index (κ2) is 9.05. The lowest BCUT2D eigenvalue weighted by molar-refractivity contribution is 0.684. The highest BCUT2D eigenvalue weighted by Gasteiger charge is 2.04. The van der Waals surface area contributed by atoms with Gasteiger partial charge in [-0.15, -0.1) is 10.2 Å². The molecule has 1 aromatic heterocycles. The summed E-state index contributed by atoms with van der Waals surface area (Å²) in [6, 6.07) is 8.61. The van der Waals surface area contributed by atoms with Gasteiger partial charge in [-0.1, -0.05) is 79.1 Å². The molecule has 0 unspecified atom stereocenters. The van der Waals surface area contributed by atoms with Gasteiger partial charge >= 0.3 is 0 Å². The van der Waals surface area contributed by atoms with Crippen molar-refractivity contribution in [3.05, 3.63) is 35.4 Å². The summed E-state index contributed by atoms with van der Waals surface area (Å²) in [6.45, 7) is 5.35. The predicted octanol–water partition coefficient (Wildman–Crippen LogP) is 5.13. The summed E-state index contributed by atoms with van der Waals surface area (Å²) in [4.78, 5) is 0. The van der Waals surface area contributed by atoms with Crippen molar-refractivity contribution in [1.82, 2.24) is 10.2 Å². The number of thioether (sulfide) groups is 1. The quantitative estimate of drug-likeness (QED) is 0.513. The van der Waals surface area contributed by atoms with Crippen LogP contribution in [0.25, 0.3) is 0 Å². The summed E-state index contributed by atoms with van der Waals surface area (Å²) in [7, 11) is 0. The molecule has 0 atom stereocenters. The predicted molar refractivity (Wildman–Crippen MR) is 93.3 cm³/mol. The van der Waals surface area contributed by atoms with E-state index in [1.54, 1.807) is 23.1 Å². The largest absolute Gasteiger partial charge is 0.360 e. The monoisotopic (exact) mass is 321 g/mol. The van der Waals surface area contributed by atoms with Crippen LogP contribution in [0.1, 0.15) is 43.7 Å². The third-order valence-electron chi connectivity index (χ3n) is 3.16. The van der Waals surface area contributed by atoms with Crippen molar-refractivity contribution in [3.63, 3.8) is 0 Å². The first-order valence-electron chi connectivity index (χ1n) is 7.53. The smallest absolute Gasteiger partial charge is 0.206 e. The Balaban J connectivity index is 1.72. The average molecular weight is 322 g/mol. The molecule has 0 saturated carbocycles. The fraction of sp³-hybridized carbons (Fsp3) is 0.500. The molecule has 2 rings (SSSR count). The van der Waals surface area contributed by atoms with E-state index in [1.165, 1.54) is 36.8 Å². The van der Waals surface area contributed by atoms with E-state index in [0.717, 1.165) is 21.8 Å². The normalized spacial score (nSPS) is 10.8. The van der Waals surface area contributed by atoms with Crippen LogP contribution >= 0.6 is 23.1 Å². The number of nitrogens with one attached hydrogen (secondary N) is 1. The minimum absolute atomic E-state index is 0.943. The van der Waals surface area contributed by atoms with E-state index in [4.69, 9.17) is 0 Å². The fourth-order valence-corrected chi connectivity index (χ4v) is 3.75. The molecule has 0 aliphatic rings. The number of hydrogen-bond acceptors (Lipinski definition) is 5. The van der Waals surface area contributed by atoms with Crippen LogP contribution in [0.15, 0.2) is 28.6 Å². The molecule has 2 aromatic rings. The fourth-order valence-electron chi connectivity index (χ4n) is 2.03. The SMILES string of the molecule is CCCCCCNc1nnc(SCc2cccc(C)c2)s1. The van der Waals surface area contributed by atoms with Crippen molar-refractivity contribution in [2.75, 3.05) is 11.9 Å². The van der Waals surface area contributed by atoms with Crippen molar-refractivity contribution in [1.29, 1.82) is 0 Å². The lowest BCUT2D eigenvalue weighted by atomic mass is 10.2. The molecule has 21 heavy (non-hydrogen) atoms. The van der Waals surface area contributed by atoms with Gasteiger partial charge in [-0.2, -0.15) is 0 Å². The molecule has 5 heteroatoms. The molecule has 3 nitrogen and oxygen atoms in total. The molecule has 0 aliphatic carbocycles. The van der Waals surface area contributed by atoms with Gasteiger partial charge in [0.1, 0.15) is 0 Å². The number of hydrogen-bond donors (Lipinski definition) is 1. The summed E-state index contributed by atoms with van der Waals surface area (Å²) in [5.41, 5.74) is 2.64. The van der Waals surface area contributed by atoms with E-state index < -0.39 is 0 Å². The third kappa shape index (κ3) is 6.06. The molecule has 1 heterocycles. The lowest BCUT2D eigenvalue weighted by Gasteiger charge is -2.01. The molecule has 1 aromatic carbocycles. The highest BCUT2D eigenvalue weighted by Crippen LogP contribution is 2.28. The molecule has 1 N–H and O–H groups in total. The molecule has 0 aliphatic heterocycles. The van der Waals surface area contributed by atoms with E-state index >= 15 is 0 Å². The summed E-state index contributed by atoms with van der Waals surface area (Å²) < 4.78 is 1.03. The molecule has 0 bridgehead atoms. The number of aromatic nitrogens is 2. The Morgan fingerprint density at radius 2 is 2.10 bits per heavy atom. The van der Waals surface area contributed by atoms with Crippen LogP contribution in [0.2, 0.25) is 0 Å². The van der Waals surface area contributed by atoms with Gasteiger partial charge in [-0.05, 0) is 18.9 Å². The Bertz CT molecular complexity index is 540. The van der Waals surface area contributed by atoms with Crippen molar-refractivity contribution in [3.8, 4) is 0 Å². The third-order valence-corrected chi connectivity index (χ3v) is 5.24. The Labute approximate surface area is 135 Å². The Morgan fingerprint density at radius 1 is 1.19 bits per heavy atom. The van der Waals surface area contributed by atoms with Crippen molar-refractivity contribution in [2.45, 2.75) is 49.6 Å². The topological polar surface area (TPSA) is 37.8 Å². The molecule has 0 fully saturated rings. The summed E-state index contributed by atoms with van der Waals surface area (Å²) >= 11 is 3.41. The van der Waals surface area contributed by atoms with Crippen molar-refractivity contribution in [2.24, 2.45) is 0 Å². The standard InChI is InChI=1S/C16H23N3S2/c1-3-4-5-6-10-17-15-18-19-16(21-15)20-12-14-9-7-8-13(2)11-14/h7-9,11H,3-6,10,12H2,1-2H3,(H,17,18). The minimum Gasteiger partial charge on any atom is -0.360 e. The average Bonchev–Trinajstić information content (AvgIpc) is 2.93. The van der Waals surface area contributed by atoms with Crippen molar-refractivity contribution >= 4 is 28.2 Å². The first kappa shape index (κ1) is 16.3. The number of benzene rings is 1. The van der Waals surface area contributed by atoms with Gasteiger partial charge in [-0.3, -0.25) is 0 Å². The van der Waals surface area contributed by atoms with Gasteiger partial charge in [0, 0.05) is 12.3 Å². The van der Waals surface area contributed by atoms with E-state index in [9.17, 15) is 0 Å². The Kier molecular flexibility index (Phi) is 7.03. The zero-order chi connectivity index (χ0) is 14.9. The van der Waals surface area contributed by atoms with Crippen LogP contribution in [0, 0.1) is 6.92 Å². The Morgan fingerprint density at radius 3 is 2.90 bits per heavy atom. The first-order chi connectivity index (χ1) is 10.3. The van der Waals surface area contributed by atoms with Crippen LogP contribution in [0.3, 0.4) is 0 Å². The molecular weight excluding hydrogens is 298 g/mol. The zero-order valence-corrected chi connectivity index (χ0v) is 14.4.